The van der Waals surface area contributed by atoms with Crippen LogP contribution in [-0.4, -0.2) is 55.8 Å². The smallest absolute Gasteiger partial charge is 0.227 e. The van der Waals surface area contributed by atoms with Crippen LogP contribution >= 0.6 is 0 Å². The van der Waals surface area contributed by atoms with Gasteiger partial charge in [0.25, 0.3) is 0 Å². The van der Waals surface area contributed by atoms with E-state index in [1.165, 1.54) is 0 Å². The van der Waals surface area contributed by atoms with Gasteiger partial charge in [0.1, 0.15) is 11.5 Å². The van der Waals surface area contributed by atoms with Crippen LogP contribution in [0.4, 0.5) is 0 Å². The second-order valence-corrected chi connectivity index (χ2v) is 7.30. The SMILES string of the molecule is COc1ccc(-c2noc(CCC(=O)NC[C@@H](c3ccc(OC)cc3)N(C)C)n2)cc1. The zero-order chi connectivity index (χ0) is 22.2. The molecule has 31 heavy (non-hydrogen) atoms. The minimum Gasteiger partial charge on any atom is -0.497 e. The fourth-order valence-electron chi connectivity index (χ4n) is 3.16. The van der Waals surface area contributed by atoms with E-state index in [2.05, 4.69) is 20.4 Å². The molecule has 0 aliphatic rings. The third-order valence-corrected chi connectivity index (χ3v) is 5.00. The molecule has 3 rings (SSSR count). The number of amides is 1. The van der Waals surface area contributed by atoms with E-state index >= 15 is 0 Å². The maximum absolute atomic E-state index is 12.4. The summed E-state index contributed by atoms with van der Waals surface area (Å²) in [7, 11) is 7.23. The summed E-state index contributed by atoms with van der Waals surface area (Å²) >= 11 is 0. The lowest BCUT2D eigenvalue weighted by atomic mass is 10.1. The number of nitrogens with one attached hydrogen (secondary N) is 1. The molecule has 1 heterocycles. The van der Waals surface area contributed by atoms with Gasteiger partial charge in [-0.15, -0.1) is 0 Å². The minimum atomic E-state index is -0.0652. The average molecular weight is 425 g/mol. The van der Waals surface area contributed by atoms with Crippen molar-refractivity contribution in [1.82, 2.24) is 20.4 Å². The molecule has 0 spiro atoms. The molecule has 1 atom stereocenters. The first-order valence-electron chi connectivity index (χ1n) is 10.0. The first-order valence-corrected chi connectivity index (χ1v) is 10.0. The fraction of sp³-hybridized carbons (Fsp3) is 0.348. The number of likely N-dealkylation sites (N-methyl/N-ethyl adjacent to an activating group) is 1. The molecule has 0 unspecified atom stereocenters. The van der Waals surface area contributed by atoms with Gasteiger partial charge in [-0.3, -0.25) is 4.79 Å². The highest BCUT2D eigenvalue weighted by molar-refractivity contribution is 5.76. The molecule has 2 aromatic carbocycles. The van der Waals surface area contributed by atoms with Crippen LogP contribution in [0, 0.1) is 0 Å². The van der Waals surface area contributed by atoms with Gasteiger partial charge in [-0.1, -0.05) is 17.3 Å². The summed E-state index contributed by atoms with van der Waals surface area (Å²) in [4.78, 5) is 18.8. The highest BCUT2D eigenvalue weighted by Crippen LogP contribution is 2.21. The van der Waals surface area contributed by atoms with E-state index in [1.54, 1.807) is 14.2 Å². The van der Waals surface area contributed by atoms with E-state index in [0.29, 0.717) is 24.7 Å². The zero-order valence-corrected chi connectivity index (χ0v) is 18.3. The molecule has 1 aromatic heterocycles. The number of rotatable bonds is 10. The summed E-state index contributed by atoms with van der Waals surface area (Å²) in [5, 5.41) is 6.99. The molecule has 0 saturated heterocycles. The van der Waals surface area contributed by atoms with Crippen molar-refractivity contribution < 1.29 is 18.8 Å². The van der Waals surface area contributed by atoms with Gasteiger partial charge in [0.05, 0.1) is 20.3 Å². The van der Waals surface area contributed by atoms with Gasteiger partial charge in [-0.25, -0.2) is 0 Å². The number of benzene rings is 2. The zero-order valence-electron chi connectivity index (χ0n) is 18.3. The minimum absolute atomic E-state index is 0.0555. The third-order valence-electron chi connectivity index (χ3n) is 5.00. The number of methoxy groups -OCH3 is 2. The van der Waals surface area contributed by atoms with Crippen LogP contribution < -0.4 is 14.8 Å². The van der Waals surface area contributed by atoms with Crippen LogP contribution in [0.3, 0.4) is 0 Å². The summed E-state index contributed by atoms with van der Waals surface area (Å²) in [5.41, 5.74) is 1.93. The van der Waals surface area contributed by atoms with Gasteiger partial charge < -0.3 is 24.2 Å². The van der Waals surface area contributed by atoms with E-state index < -0.39 is 0 Å². The Kier molecular flexibility index (Phi) is 7.61. The fourth-order valence-corrected chi connectivity index (χ4v) is 3.16. The van der Waals surface area contributed by atoms with Crippen molar-refractivity contribution in [1.29, 1.82) is 0 Å². The van der Waals surface area contributed by atoms with Gasteiger partial charge in [0.2, 0.25) is 17.6 Å². The van der Waals surface area contributed by atoms with E-state index in [-0.39, 0.29) is 18.4 Å². The Morgan fingerprint density at radius 2 is 1.65 bits per heavy atom. The Balaban J connectivity index is 1.51. The molecular weight excluding hydrogens is 396 g/mol. The van der Waals surface area contributed by atoms with Crippen molar-refractivity contribution >= 4 is 5.91 Å². The number of ether oxygens (including phenoxy) is 2. The molecule has 0 radical (unpaired) electrons. The lowest BCUT2D eigenvalue weighted by molar-refractivity contribution is -0.121. The number of carbonyl (C=O) groups excluding carboxylic acids is 1. The molecule has 0 aliphatic heterocycles. The highest BCUT2D eigenvalue weighted by Gasteiger charge is 2.16. The Morgan fingerprint density at radius 3 is 2.23 bits per heavy atom. The molecule has 164 valence electrons. The van der Waals surface area contributed by atoms with E-state index in [0.717, 1.165) is 22.6 Å². The summed E-state index contributed by atoms with van der Waals surface area (Å²) in [6.07, 6.45) is 0.650. The summed E-state index contributed by atoms with van der Waals surface area (Å²) in [6, 6.07) is 15.3. The molecule has 1 N–H and O–H groups in total. The number of nitrogens with zero attached hydrogens (tertiary/aromatic N) is 3. The Labute approximate surface area is 182 Å². The van der Waals surface area contributed by atoms with Crippen molar-refractivity contribution in [3.63, 3.8) is 0 Å². The molecule has 0 aliphatic carbocycles. The number of carbonyl (C=O) groups is 1. The molecule has 1 amide bonds. The first kappa shape index (κ1) is 22.3. The number of aryl methyl sites for hydroxylation is 1. The van der Waals surface area contributed by atoms with Crippen molar-refractivity contribution in [2.75, 3.05) is 34.9 Å². The van der Waals surface area contributed by atoms with Crippen LogP contribution in [0.25, 0.3) is 11.4 Å². The Morgan fingerprint density at radius 1 is 1.03 bits per heavy atom. The van der Waals surface area contributed by atoms with Gasteiger partial charge in [0, 0.05) is 24.9 Å². The van der Waals surface area contributed by atoms with Gasteiger partial charge in [-0.05, 0) is 56.1 Å². The Hall–Kier alpha value is -3.39. The van der Waals surface area contributed by atoms with Gasteiger partial charge in [-0.2, -0.15) is 4.98 Å². The lowest BCUT2D eigenvalue weighted by Gasteiger charge is -2.25. The topological polar surface area (TPSA) is 89.7 Å². The van der Waals surface area contributed by atoms with Crippen molar-refractivity contribution in [2.45, 2.75) is 18.9 Å². The monoisotopic (exact) mass is 424 g/mol. The predicted molar refractivity (Wildman–Crippen MR) is 117 cm³/mol. The molecule has 0 fully saturated rings. The Bertz CT molecular complexity index is 968. The normalized spacial score (nSPS) is 11.9. The number of hydrogen-bond acceptors (Lipinski definition) is 7. The second-order valence-electron chi connectivity index (χ2n) is 7.30. The first-order chi connectivity index (χ1) is 15.0. The quantitative estimate of drug-likeness (QED) is 0.535. The highest BCUT2D eigenvalue weighted by atomic mass is 16.5. The molecule has 0 bridgehead atoms. The number of aromatic nitrogens is 2. The van der Waals surface area contributed by atoms with E-state index in [4.69, 9.17) is 14.0 Å². The van der Waals surface area contributed by atoms with Crippen LogP contribution in [0.15, 0.2) is 53.1 Å². The molecule has 3 aromatic rings. The van der Waals surface area contributed by atoms with Gasteiger partial charge in [0.15, 0.2) is 0 Å². The summed E-state index contributed by atoms with van der Waals surface area (Å²) in [6.45, 7) is 0.499. The van der Waals surface area contributed by atoms with E-state index in [9.17, 15) is 4.79 Å². The third kappa shape index (κ3) is 6.05. The van der Waals surface area contributed by atoms with E-state index in [1.807, 2.05) is 62.6 Å². The lowest BCUT2D eigenvalue weighted by Crippen LogP contribution is -2.34. The van der Waals surface area contributed by atoms with Crippen molar-refractivity contribution in [3.8, 4) is 22.9 Å². The summed E-state index contributed by atoms with van der Waals surface area (Å²) in [5.74, 6) is 2.42. The largest absolute Gasteiger partial charge is 0.497 e. The summed E-state index contributed by atoms with van der Waals surface area (Å²) < 4.78 is 15.7. The number of hydrogen-bond donors (Lipinski definition) is 1. The van der Waals surface area contributed by atoms with Crippen LogP contribution in [0.1, 0.15) is 23.9 Å². The standard InChI is InChI=1S/C23H28N4O4/c1-27(2)20(16-5-9-18(29-3)10-6-16)15-24-21(28)13-14-22-25-23(26-31-22)17-7-11-19(30-4)12-8-17/h5-12,20H,13-15H2,1-4H3,(H,24,28)/t20-/m0/s1. The van der Waals surface area contributed by atoms with Crippen LogP contribution in [0.5, 0.6) is 11.5 Å². The van der Waals surface area contributed by atoms with Crippen LogP contribution in [-0.2, 0) is 11.2 Å². The second kappa shape index (κ2) is 10.6. The van der Waals surface area contributed by atoms with Crippen molar-refractivity contribution in [2.24, 2.45) is 0 Å². The average Bonchev–Trinajstić information content (AvgIpc) is 3.27. The molecule has 8 heteroatoms. The molecule has 8 nitrogen and oxygen atoms in total. The predicted octanol–water partition coefficient (Wildman–Crippen LogP) is 3.11. The maximum atomic E-state index is 12.4. The maximum Gasteiger partial charge on any atom is 0.227 e. The molecular formula is C23H28N4O4. The van der Waals surface area contributed by atoms with Gasteiger partial charge >= 0.3 is 0 Å². The molecule has 0 saturated carbocycles. The van der Waals surface area contributed by atoms with Crippen molar-refractivity contribution in [3.05, 3.63) is 60.0 Å². The van der Waals surface area contributed by atoms with Crippen LogP contribution in [0.2, 0.25) is 0 Å².